The normalized spacial score (nSPS) is 16.3. The van der Waals surface area contributed by atoms with Gasteiger partial charge >= 0.3 is 0 Å². The minimum Gasteiger partial charge on any atom is -0.360 e. The van der Waals surface area contributed by atoms with Crippen LogP contribution in [0.25, 0.3) is 0 Å². The predicted molar refractivity (Wildman–Crippen MR) is 79.9 cm³/mol. The molecule has 5 heteroatoms. The van der Waals surface area contributed by atoms with Crippen LogP contribution in [0.4, 0.5) is 5.82 Å². The van der Waals surface area contributed by atoms with Gasteiger partial charge in [0.25, 0.3) is 0 Å². The van der Waals surface area contributed by atoms with Crippen molar-refractivity contribution >= 4 is 11.7 Å². The molecule has 5 nitrogen and oxygen atoms in total. The van der Waals surface area contributed by atoms with Crippen LogP contribution in [-0.2, 0) is 17.8 Å². The average molecular weight is 285 g/mol. The number of aryl methyl sites for hydroxylation is 1. The molecule has 1 aliphatic heterocycles. The molecule has 3 rings (SSSR count). The van der Waals surface area contributed by atoms with E-state index in [9.17, 15) is 4.79 Å². The van der Waals surface area contributed by atoms with Crippen LogP contribution in [0, 0.1) is 6.92 Å². The van der Waals surface area contributed by atoms with Crippen molar-refractivity contribution in [2.24, 2.45) is 0 Å². The molecule has 1 atom stereocenters. The molecule has 1 N–H and O–H groups in total. The van der Waals surface area contributed by atoms with E-state index >= 15 is 0 Å². The maximum atomic E-state index is 12.3. The highest BCUT2D eigenvalue weighted by atomic mass is 16.5. The lowest BCUT2D eigenvalue weighted by Gasteiger charge is -2.32. The summed E-state index contributed by atoms with van der Waals surface area (Å²) in [4.78, 5) is 14.5. The molecule has 21 heavy (non-hydrogen) atoms. The van der Waals surface area contributed by atoms with Crippen LogP contribution in [-0.4, -0.2) is 28.6 Å². The monoisotopic (exact) mass is 285 g/mol. The summed E-state index contributed by atoms with van der Waals surface area (Å²) in [5.74, 6) is 1.11. The summed E-state index contributed by atoms with van der Waals surface area (Å²) in [5, 5.41) is 6.59. The second-order valence-corrected chi connectivity index (χ2v) is 5.48. The number of amides is 1. The van der Waals surface area contributed by atoms with Crippen LogP contribution < -0.4 is 5.32 Å². The van der Waals surface area contributed by atoms with E-state index in [2.05, 4.69) is 33.6 Å². The molecule has 0 radical (unpaired) electrons. The predicted octanol–water partition coefficient (Wildman–Crippen LogP) is 2.37. The zero-order valence-electron chi connectivity index (χ0n) is 12.3. The van der Waals surface area contributed by atoms with Gasteiger partial charge in [0.1, 0.15) is 5.76 Å². The third kappa shape index (κ3) is 2.97. The first-order valence-electron chi connectivity index (χ1n) is 7.18. The molecule has 0 bridgehead atoms. The second-order valence-electron chi connectivity index (χ2n) is 5.48. The van der Waals surface area contributed by atoms with E-state index in [1.165, 1.54) is 11.1 Å². The highest BCUT2D eigenvalue weighted by molar-refractivity contribution is 5.93. The van der Waals surface area contributed by atoms with Crippen molar-refractivity contribution in [1.82, 2.24) is 10.1 Å². The van der Waals surface area contributed by atoms with Crippen LogP contribution in [0.5, 0.6) is 0 Å². The molecule has 1 aliphatic rings. The fourth-order valence-electron chi connectivity index (χ4n) is 2.67. The van der Waals surface area contributed by atoms with E-state index in [1.54, 1.807) is 13.0 Å². The number of carbonyl (C=O) groups excluding carboxylic acids is 1. The molecular weight excluding hydrogens is 266 g/mol. The number of hydrogen-bond acceptors (Lipinski definition) is 4. The summed E-state index contributed by atoms with van der Waals surface area (Å²) in [6, 6.07) is 9.93. The number of aromatic nitrogens is 1. The zero-order valence-corrected chi connectivity index (χ0v) is 12.3. The van der Waals surface area contributed by atoms with Gasteiger partial charge in [-0.3, -0.25) is 9.69 Å². The van der Waals surface area contributed by atoms with E-state index < -0.39 is 0 Å². The van der Waals surface area contributed by atoms with Crippen molar-refractivity contribution in [3.05, 3.63) is 47.2 Å². The number of hydrogen-bond donors (Lipinski definition) is 1. The maximum Gasteiger partial charge on any atom is 0.242 e. The Morgan fingerprint density at radius 3 is 2.86 bits per heavy atom. The van der Waals surface area contributed by atoms with Gasteiger partial charge in [-0.1, -0.05) is 29.4 Å². The summed E-state index contributed by atoms with van der Waals surface area (Å²) in [6.07, 6.45) is 0.983. The Kier molecular flexibility index (Phi) is 3.75. The molecule has 2 heterocycles. The summed E-state index contributed by atoms with van der Waals surface area (Å²) in [6.45, 7) is 5.43. The SMILES string of the molecule is Cc1cc(NC(=O)[C@@H](C)N2CCc3ccccc3C2)no1. The Morgan fingerprint density at radius 1 is 1.38 bits per heavy atom. The van der Waals surface area contributed by atoms with Crippen LogP contribution in [0.1, 0.15) is 23.8 Å². The number of benzene rings is 1. The van der Waals surface area contributed by atoms with Gasteiger partial charge in [-0.05, 0) is 31.4 Å². The Balaban J connectivity index is 1.66. The number of rotatable bonds is 3. The smallest absolute Gasteiger partial charge is 0.242 e. The van der Waals surface area contributed by atoms with Gasteiger partial charge in [0.15, 0.2) is 5.82 Å². The van der Waals surface area contributed by atoms with Gasteiger partial charge in [-0.2, -0.15) is 0 Å². The van der Waals surface area contributed by atoms with E-state index in [4.69, 9.17) is 4.52 Å². The van der Waals surface area contributed by atoms with Gasteiger partial charge in [0.05, 0.1) is 6.04 Å². The summed E-state index contributed by atoms with van der Waals surface area (Å²) in [5.41, 5.74) is 2.69. The summed E-state index contributed by atoms with van der Waals surface area (Å²) >= 11 is 0. The van der Waals surface area contributed by atoms with Crippen molar-refractivity contribution in [1.29, 1.82) is 0 Å². The Hall–Kier alpha value is -2.14. The Bertz CT molecular complexity index is 650. The van der Waals surface area contributed by atoms with E-state index in [-0.39, 0.29) is 11.9 Å². The molecule has 0 aliphatic carbocycles. The molecule has 110 valence electrons. The molecule has 1 aromatic heterocycles. The highest BCUT2D eigenvalue weighted by Gasteiger charge is 2.25. The molecule has 2 aromatic rings. The van der Waals surface area contributed by atoms with Gasteiger partial charge in [0, 0.05) is 19.2 Å². The fourth-order valence-corrected chi connectivity index (χ4v) is 2.67. The quantitative estimate of drug-likeness (QED) is 0.940. The zero-order chi connectivity index (χ0) is 14.8. The largest absolute Gasteiger partial charge is 0.360 e. The number of nitrogens with one attached hydrogen (secondary N) is 1. The molecule has 0 fully saturated rings. The molecule has 1 aromatic carbocycles. The van der Waals surface area contributed by atoms with E-state index in [0.717, 1.165) is 19.5 Å². The average Bonchev–Trinajstić information content (AvgIpc) is 2.91. The van der Waals surface area contributed by atoms with Gasteiger partial charge in [-0.15, -0.1) is 0 Å². The van der Waals surface area contributed by atoms with Crippen LogP contribution in [0.2, 0.25) is 0 Å². The fraction of sp³-hybridized carbons (Fsp3) is 0.375. The topological polar surface area (TPSA) is 58.4 Å². The minimum atomic E-state index is -0.199. The van der Waals surface area contributed by atoms with Gasteiger partial charge < -0.3 is 9.84 Å². The highest BCUT2D eigenvalue weighted by Crippen LogP contribution is 2.20. The lowest BCUT2D eigenvalue weighted by Crippen LogP contribution is -2.44. The first-order valence-corrected chi connectivity index (χ1v) is 7.18. The first kappa shape index (κ1) is 13.8. The van der Waals surface area contributed by atoms with Crippen molar-refractivity contribution in [2.75, 3.05) is 11.9 Å². The second kappa shape index (κ2) is 5.69. The molecule has 0 unspecified atom stereocenters. The number of carbonyl (C=O) groups is 1. The molecule has 0 saturated heterocycles. The summed E-state index contributed by atoms with van der Waals surface area (Å²) in [7, 11) is 0. The van der Waals surface area contributed by atoms with Gasteiger partial charge in [0.2, 0.25) is 5.91 Å². The Morgan fingerprint density at radius 2 is 2.14 bits per heavy atom. The van der Waals surface area contributed by atoms with Gasteiger partial charge in [-0.25, -0.2) is 0 Å². The number of anilines is 1. The molecule has 0 saturated carbocycles. The number of nitrogens with zero attached hydrogens (tertiary/aromatic N) is 2. The number of fused-ring (bicyclic) bond motifs is 1. The summed E-state index contributed by atoms with van der Waals surface area (Å²) < 4.78 is 4.96. The Labute approximate surface area is 123 Å². The van der Waals surface area contributed by atoms with E-state index in [1.807, 2.05) is 13.0 Å². The van der Waals surface area contributed by atoms with Crippen LogP contribution >= 0.6 is 0 Å². The lowest BCUT2D eigenvalue weighted by atomic mass is 9.99. The lowest BCUT2D eigenvalue weighted by molar-refractivity contribution is -0.121. The maximum absolute atomic E-state index is 12.3. The van der Waals surface area contributed by atoms with Crippen molar-refractivity contribution < 1.29 is 9.32 Å². The van der Waals surface area contributed by atoms with Crippen LogP contribution in [0.15, 0.2) is 34.9 Å². The first-order chi connectivity index (χ1) is 10.1. The van der Waals surface area contributed by atoms with Crippen molar-refractivity contribution in [3.63, 3.8) is 0 Å². The molecule has 1 amide bonds. The van der Waals surface area contributed by atoms with Crippen molar-refractivity contribution in [3.8, 4) is 0 Å². The minimum absolute atomic E-state index is 0.0531. The van der Waals surface area contributed by atoms with Crippen molar-refractivity contribution in [2.45, 2.75) is 32.9 Å². The molecular formula is C16H19N3O2. The van der Waals surface area contributed by atoms with Crippen LogP contribution in [0.3, 0.4) is 0 Å². The third-order valence-electron chi connectivity index (χ3n) is 3.97. The third-order valence-corrected chi connectivity index (χ3v) is 3.97. The molecule has 0 spiro atoms. The standard InChI is InChI=1S/C16H19N3O2/c1-11-9-15(18-21-11)17-16(20)12(2)19-8-7-13-5-3-4-6-14(13)10-19/h3-6,9,12H,7-8,10H2,1-2H3,(H,17,18,20)/t12-/m1/s1. The van der Waals surface area contributed by atoms with E-state index in [0.29, 0.717) is 11.6 Å².